The van der Waals surface area contributed by atoms with E-state index in [-0.39, 0.29) is 24.0 Å². The second-order valence-electron chi connectivity index (χ2n) is 5.68. The number of nitrogens with zero attached hydrogens (tertiary/aromatic N) is 2. The van der Waals surface area contributed by atoms with Crippen LogP contribution in [0.2, 0.25) is 0 Å². The number of halogens is 1. The Balaban J connectivity index is 0. The predicted molar refractivity (Wildman–Crippen MR) is 106 cm³/mol. The van der Waals surface area contributed by atoms with E-state index in [4.69, 9.17) is 0 Å². The number of rotatable bonds is 11. The molecule has 0 aromatic rings. The van der Waals surface area contributed by atoms with E-state index in [1.807, 2.05) is 0 Å². The standard InChI is InChI=1S/C16H36N4.HI/c1-6-8-9-12-18-16(17-7-2)19-13-10-11-14-20(5)15(3)4;/h15H,6-14H2,1-5H3,(H2,17,18,19);1H. The molecule has 5 heteroatoms. The van der Waals surface area contributed by atoms with E-state index in [2.05, 4.69) is 55.3 Å². The Morgan fingerprint density at radius 1 is 1.05 bits per heavy atom. The van der Waals surface area contributed by atoms with Crippen molar-refractivity contribution >= 4 is 29.9 Å². The normalized spacial score (nSPS) is 11.7. The first kappa shape index (κ1) is 23.2. The lowest BCUT2D eigenvalue weighted by molar-refractivity contribution is 0.268. The van der Waals surface area contributed by atoms with Crippen LogP contribution >= 0.6 is 24.0 Å². The van der Waals surface area contributed by atoms with E-state index in [1.54, 1.807) is 0 Å². The molecule has 0 saturated carbocycles. The highest BCUT2D eigenvalue weighted by Crippen LogP contribution is 1.97. The summed E-state index contributed by atoms with van der Waals surface area (Å²) in [5.41, 5.74) is 0. The fourth-order valence-electron chi connectivity index (χ4n) is 1.85. The van der Waals surface area contributed by atoms with Crippen molar-refractivity contribution in [3.8, 4) is 0 Å². The molecule has 0 aliphatic rings. The number of aliphatic imine (C=N–C) groups is 1. The van der Waals surface area contributed by atoms with Crippen molar-refractivity contribution in [3.63, 3.8) is 0 Å². The van der Waals surface area contributed by atoms with Crippen LogP contribution in [0.25, 0.3) is 0 Å². The number of nitrogens with one attached hydrogen (secondary N) is 2. The average molecular weight is 412 g/mol. The molecule has 0 fully saturated rings. The van der Waals surface area contributed by atoms with E-state index in [0.717, 1.165) is 25.6 Å². The molecule has 2 N–H and O–H groups in total. The van der Waals surface area contributed by atoms with Crippen LogP contribution in [0, 0.1) is 0 Å². The molecule has 0 aromatic heterocycles. The van der Waals surface area contributed by atoms with Gasteiger partial charge >= 0.3 is 0 Å². The van der Waals surface area contributed by atoms with Gasteiger partial charge in [0.15, 0.2) is 5.96 Å². The maximum absolute atomic E-state index is 4.60. The molecule has 0 heterocycles. The molecule has 4 nitrogen and oxygen atoms in total. The van der Waals surface area contributed by atoms with Crippen LogP contribution in [0.1, 0.15) is 59.8 Å². The van der Waals surface area contributed by atoms with Gasteiger partial charge in [0.05, 0.1) is 0 Å². The Labute approximate surface area is 149 Å². The third-order valence-corrected chi connectivity index (χ3v) is 3.49. The van der Waals surface area contributed by atoms with Crippen molar-refractivity contribution in [1.29, 1.82) is 0 Å². The number of unbranched alkanes of at least 4 members (excludes halogenated alkanes) is 3. The van der Waals surface area contributed by atoms with Gasteiger partial charge in [0.2, 0.25) is 0 Å². The topological polar surface area (TPSA) is 39.7 Å². The van der Waals surface area contributed by atoms with Gasteiger partial charge < -0.3 is 15.5 Å². The SMILES string of the molecule is CCCCCN=C(NCC)NCCCCN(C)C(C)C.I. The average Bonchev–Trinajstić information content (AvgIpc) is 2.42. The first-order valence-corrected chi connectivity index (χ1v) is 8.34. The highest BCUT2D eigenvalue weighted by Gasteiger charge is 2.02. The van der Waals surface area contributed by atoms with Crippen LogP contribution in [-0.2, 0) is 0 Å². The Bertz CT molecular complexity index is 244. The van der Waals surface area contributed by atoms with Crippen molar-refractivity contribution in [2.24, 2.45) is 4.99 Å². The van der Waals surface area contributed by atoms with Crippen LogP contribution < -0.4 is 10.6 Å². The summed E-state index contributed by atoms with van der Waals surface area (Å²) in [7, 11) is 2.19. The molecule has 0 rings (SSSR count). The molecule has 0 saturated heterocycles. The Morgan fingerprint density at radius 3 is 2.33 bits per heavy atom. The molecular formula is C16H37IN4. The maximum Gasteiger partial charge on any atom is 0.191 e. The van der Waals surface area contributed by atoms with Crippen LogP contribution in [0.4, 0.5) is 0 Å². The zero-order chi connectivity index (χ0) is 15.2. The van der Waals surface area contributed by atoms with E-state index in [9.17, 15) is 0 Å². The molecule has 0 radical (unpaired) electrons. The fourth-order valence-corrected chi connectivity index (χ4v) is 1.85. The molecular weight excluding hydrogens is 375 g/mol. The molecule has 0 amide bonds. The summed E-state index contributed by atoms with van der Waals surface area (Å²) in [5.74, 6) is 0.973. The molecule has 0 aromatic carbocycles. The van der Waals surface area contributed by atoms with Crippen LogP contribution in [-0.4, -0.2) is 50.1 Å². The Morgan fingerprint density at radius 2 is 1.76 bits per heavy atom. The fraction of sp³-hybridized carbons (Fsp3) is 0.938. The lowest BCUT2D eigenvalue weighted by Crippen LogP contribution is -2.38. The van der Waals surface area contributed by atoms with Gasteiger partial charge in [-0.25, -0.2) is 0 Å². The Kier molecular flexibility index (Phi) is 18.1. The van der Waals surface area contributed by atoms with Gasteiger partial charge in [-0.1, -0.05) is 19.8 Å². The number of hydrogen-bond acceptors (Lipinski definition) is 2. The molecule has 128 valence electrons. The zero-order valence-corrected chi connectivity index (χ0v) is 17.1. The van der Waals surface area contributed by atoms with Gasteiger partial charge in [-0.2, -0.15) is 0 Å². The zero-order valence-electron chi connectivity index (χ0n) is 14.7. The number of hydrogen-bond donors (Lipinski definition) is 2. The molecule has 0 aliphatic carbocycles. The quantitative estimate of drug-likeness (QED) is 0.236. The second kappa shape index (κ2) is 16.3. The molecule has 0 unspecified atom stereocenters. The molecule has 0 bridgehead atoms. The highest BCUT2D eigenvalue weighted by atomic mass is 127. The third-order valence-electron chi connectivity index (χ3n) is 3.49. The second-order valence-corrected chi connectivity index (χ2v) is 5.68. The van der Waals surface area contributed by atoms with Crippen molar-refractivity contribution in [1.82, 2.24) is 15.5 Å². The summed E-state index contributed by atoms with van der Waals surface area (Å²) in [6.07, 6.45) is 6.13. The van der Waals surface area contributed by atoms with Crippen molar-refractivity contribution in [3.05, 3.63) is 0 Å². The lowest BCUT2D eigenvalue weighted by atomic mass is 10.2. The third kappa shape index (κ3) is 14.7. The highest BCUT2D eigenvalue weighted by molar-refractivity contribution is 14.0. The summed E-state index contributed by atoms with van der Waals surface area (Å²) >= 11 is 0. The largest absolute Gasteiger partial charge is 0.357 e. The monoisotopic (exact) mass is 412 g/mol. The number of guanidine groups is 1. The summed E-state index contributed by atoms with van der Waals surface area (Å²) in [6.45, 7) is 12.8. The van der Waals surface area contributed by atoms with E-state index in [1.165, 1.54) is 38.6 Å². The van der Waals surface area contributed by atoms with Gasteiger partial charge in [0.25, 0.3) is 0 Å². The van der Waals surface area contributed by atoms with E-state index < -0.39 is 0 Å². The molecule has 0 aliphatic heterocycles. The van der Waals surface area contributed by atoms with E-state index >= 15 is 0 Å². The first-order valence-electron chi connectivity index (χ1n) is 8.34. The lowest BCUT2D eigenvalue weighted by Gasteiger charge is -2.20. The maximum atomic E-state index is 4.60. The van der Waals surface area contributed by atoms with Crippen LogP contribution in [0.5, 0.6) is 0 Å². The molecule has 0 spiro atoms. The molecule has 0 atom stereocenters. The summed E-state index contributed by atoms with van der Waals surface area (Å²) < 4.78 is 0. The summed E-state index contributed by atoms with van der Waals surface area (Å²) in [4.78, 5) is 6.99. The summed E-state index contributed by atoms with van der Waals surface area (Å²) in [5, 5.41) is 6.73. The minimum atomic E-state index is 0. The van der Waals surface area contributed by atoms with Gasteiger partial charge in [-0.15, -0.1) is 24.0 Å². The van der Waals surface area contributed by atoms with E-state index in [0.29, 0.717) is 6.04 Å². The predicted octanol–water partition coefficient (Wildman–Crippen LogP) is 3.47. The van der Waals surface area contributed by atoms with Gasteiger partial charge in [-0.05, 0) is 53.6 Å². The molecule has 21 heavy (non-hydrogen) atoms. The smallest absolute Gasteiger partial charge is 0.191 e. The van der Waals surface area contributed by atoms with Crippen molar-refractivity contribution in [2.45, 2.75) is 65.8 Å². The first-order chi connectivity index (χ1) is 9.61. The minimum Gasteiger partial charge on any atom is -0.357 e. The minimum absolute atomic E-state index is 0. The van der Waals surface area contributed by atoms with Crippen LogP contribution in [0.15, 0.2) is 4.99 Å². The summed E-state index contributed by atoms with van der Waals surface area (Å²) in [6, 6.07) is 0.639. The van der Waals surface area contributed by atoms with Gasteiger partial charge in [0.1, 0.15) is 0 Å². The van der Waals surface area contributed by atoms with Crippen molar-refractivity contribution < 1.29 is 0 Å². The van der Waals surface area contributed by atoms with Gasteiger partial charge in [0, 0.05) is 25.7 Å². The van der Waals surface area contributed by atoms with Crippen molar-refractivity contribution in [2.75, 3.05) is 33.2 Å². The van der Waals surface area contributed by atoms with Crippen LogP contribution in [0.3, 0.4) is 0 Å². The Hall–Kier alpha value is -0.0400. The van der Waals surface area contributed by atoms with Gasteiger partial charge in [-0.3, -0.25) is 4.99 Å².